The van der Waals surface area contributed by atoms with Crippen LogP contribution in [-0.4, -0.2) is 16.5 Å². The molecule has 0 aliphatic carbocycles. The average Bonchev–Trinajstić information content (AvgIpc) is 2.72. The first-order valence-electron chi connectivity index (χ1n) is 6.05. The van der Waals surface area contributed by atoms with E-state index in [0.717, 1.165) is 11.1 Å². The Hall–Kier alpha value is -2.24. The van der Waals surface area contributed by atoms with E-state index in [-0.39, 0.29) is 5.75 Å². The Balaban J connectivity index is 2.14. The first kappa shape index (κ1) is 12.8. The van der Waals surface area contributed by atoms with Crippen molar-refractivity contribution in [2.24, 2.45) is 5.41 Å². The van der Waals surface area contributed by atoms with Crippen LogP contribution in [0.4, 0.5) is 0 Å². The summed E-state index contributed by atoms with van der Waals surface area (Å²) in [6.45, 7) is 1.97. The monoisotopic (exact) mass is 282 g/mol. The molecule has 2 aliphatic heterocycles. The number of Topliss-reactive ketones (excluding diaryl/α,β-unsaturated/α-hetero) is 1. The molecule has 1 aromatic rings. The summed E-state index contributed by atoms with van der Waals surface area (Å²) in [7, 11) is 0. The molecule has 5 heteroatoms. The SMILES string of the molecule is Cc1ccc2c(c1)C=CC1(O2)SCC(=O)C1(C#N)C#N. The molecule has 20 heavy (non-hydrogen) atoms. The van der Waals surface area contributed by atoms with Gasteiger partial charge in [-0.15, -0.1) is 0 Å². The van der Waals surface area contributed by atoms with Crippen molar-refractivity contribution in [2.45, 2.75) is 11.9 Å². The Labute approximate surface area is 120 Å². The van der Waals surface area contributed by atoms with E-state index in [9.17, 15) is 15.3 Å². The van der Waals surface area contributed by atoms with Crippen LogP contribution in [0.5, 0.6) is 5.75 Å². The Bertz CT molecular complexity index is 712. The molecule has 0 amide bonds. The third-order valence-electron chi connectivity index (χ3n) is 3.60. The molecule has 1 fully saturated rings. The smallest absolute Gasteiger partial charge is 0.254 e. The maximum atomic E-state index is 12.0. The Kier molecular flexibility index (Phi) is 2.64. The Morgan fingerprint density at radius 1 is 1.35 bits per heavy atom. The zero-order chi connectivity index (χ0) is 14.4. The molecule has 0 radical (unpaired) electrons. The molecule has 2 aliphatic rings. The topological polar surface area (TPSA) is 73.9 Å². The van der Waals surface area contributed by atoms with Gasteiger partial charge in [-0.2, -0.15) is 10.5 Å². The highest BCUT2D eigenvalue weighted by Crippen LogP contribution is 2.53. The number of carbonyl (C=O) groups is 1. The summed E-state index contributed by atoms with van der Waals surface area (Å²) in [5.74, 6) is 0.301. The maximum Gasteiger partial charge on any atom is 0.254 e. The molecule has 4 nitrogen and oxygen atoms in total. The molecule has 1 aromatic carbocycles. The van der Waals surface area contributed by atoms with Crippen molar-refractivity contribution in [1.82, 2.24) is 0 Å². The Morgan fingerprint density at radius 3 is 2.80 bits per heavy atom. The lowest BCUT2D eigenvalue weighted by atomic mass is 9.80. The number of hydrogen-bond donors (Lipinski definition) is 0. The van der Waals surface area contributed by atoms with Crippen LogP contribution in [0.15, 0.2) is 24.3 Å². The van der Waals surface area contributed by atoms with Crippen molar-refractivity contribution in [3.05, 3.63) is 35.4 Å². The van der Waals surface area contributed by atoms with Crippen molar-refractivity contribution in [3.63, 3.8) is 0 Å². The normalized spacial score (nSPS) is 25.6. The van der Waals surface area contributed by atoms with Gasteiger partial charge in [0, 0.05) is 5.56 Å². The summed E-state index contributed by atoms with van der Waals surface area (Å²) >= 11 is 1.19. The van der Waals surface area contributed by atoms with Gasteiger partial charge in [0.25, 0.3) is 5.41 Å². The number of rotatable bonds is 0. The number of hydrogen-bond acceptors (Lipinski definition) is 5. The summed E-state index contributed by atoms with van der Waals surface area (Å²) in [6.07, 6.45) is 3.48. The molecule has 0 saturated carbocycles. The van der Waals surface area contributed by atoms with E-state index in [1.165, 1.54) is 11.8 Å². The summed E-state index contributed by atoms with van der Waals surface area (Å²) in [6, 6.07) is 9.40. The molecule has 1 unspecified atom stereocenters. The standard InChI is InChI=1S/C15H10N2O2S/c1-10-2-3-12-11(6-10)4-5-15(19-12)14(8-16,9-17)13(18)7-20-15/h2-6H,7H2,1H3. The largest absolute Gasteiger partial charge is 0.469 e. The van der Waals surface area contributed by atoms with Crippen LogP contribution in [0.3, 0.4) is 0 Å². The van der Waals surface area contributed by atoms with Crippen molar-refractivity contribution in [3.8, 4) is 17.9 Å². The summed E-state index contributed by atoms with van der Waals surface area (Å²) in [5.41, 5.74) is 0.201. The summed E-state index contributed by atoms with van der Waals surface area (Å²) < 4.78 is 5.91. The van der Waals surface area contributed by atoms with Crippen LogP contribution >= 0.6 is 11.8 Å². The van der Waals surface area contributed by atoms with E-state index in [0.29, 0.717) is 5.75 Å². The van der Waals surface area contributed by atoms with E-state index in [2.05, 4.69) is 0 Å². The molecule has 3 rings (SSSR count). The minimum atomic E-state index is -1.78. The average molecular weight is 282 g/mol. The number of ketones is 1. The van der Waals surface area contributed by atoms with Gasteiger partial charge in [0.05, 0.1) is 17.9 Å². The van der Waals surface area contributed by atoms with Gasteiger partial charge in [0.15, 0.2) is 5.78 Å². The fraction of sp³-hybridized carbons (Fsp3) is 0.267. The Morgan fingerprint density at radius 2 is 2.10 bits per heavy atom. The molecule has 98 valence electrons. The highest BCUT2D eigenvalue weighted by Gasteiger charge is 2.65. The van der Waals surface area contributed by atoms with E-state index >= 15 is 0 Å². The van der Waals surface area contributed by atoms with Gasteiger partial charge in [0.1, 0.15) is 5.75 Å². The number of ether oxygens (including phenoxy) is 1. The molecule has 1 saturated heterocycles. The van der Waals surface area contributed by atoms with E-state index in [1.54, 1.807) is 12.1 Å². The first-order valence-corrected chi connectivity index (χ1v) is 7.04. The third kappa shape index (κ3) is 1.44. The van der Waals surface area contributed by atoms with Crippen molar-refractivity contribution >= 4 is 23.6 Å². The van der Waals surface area contributed by atoms with Crippen molar-refractivity contribution in [1.29, 1.82) is 10.5 Å². The van der Waals surface area contributed by atoms with Gasteiger partial charge >= 0.3 is 0 Å². The van der Waals surface area contributed by atoms with Gasteiger partial charge in [-0.1, -0.05) is 29.5 Å². The fourth-order valence-electron chi connectivity index (χ4n) is 2.46. The molecule has 1 atom stereocenters. The fourth-order valence-corrected chi connectivity index (χ4v) is 3.75. The van der Waals surface area contributed by atoms with Crippen LogP contribution in [-0.2, 0) is 4.79 Å². The maximum absolute atomic E-state index is 12.0. The number of thioether (sulfide) groups is 1. The molecule has 1 spiro atoms. The van der Waals surface area contributed by atoms with E-state index in [4.69, 9.17) is 4.74 Å². The van der Waals surface area contributed by atoms with Crippen molar-refractivity contribution in [2.75, 3.05) is 5.75 Å². The lowest BCUT2D eigenvalue weighted by Gasteiger charge is -2.35. The quantitative estimate of drug-likeness (QED) is 0.730. The van der Waals surface area contributed by atoms with Crippen LogP contribution in [0.25, 0.3) is 6.08 Å². The van der Waals surface area contributed by atoms with Crippen molar-refractivity contribution < 1.29 is 9.53 Å². The minimum absolute atomic E-state index is 0.104. The van der Waals surface area contributed by atoms with Gasteiger partial charge in [-0.05, 0) is 25.1 Å². The minimum Gasteiger partial charge on any atom is -0.469 e. The highest BCUT2D eigenvalue weighted by atomic mass is 32.2. The van der Waals surface area contributed by atoms with Crippen LogP contribution < -0.4 is 4.74 Å². The van der Waals surface area contributed by atoms with Gasteiger partial charge in [-0.3, -0.25) is 4.79 Å². The lowest BCUT2D eigenvalue weighted by Crippen LogP contribution is -2.48. The second-order valence-corrected chi connectivity index (χ2v) is 6.01. The molecular weight excluding hydrogens is 272 g/mol. The second-order valence-electron chi connectivity index (χ2n) is 4.83. The first-order chi connectivity index (χ1) is 9.57. The number of aryl methyl sites for hydroxylation is 1. The third-order valence-corrected chi connectivity index (χ3v) is 4.96. The molecule has 0 aromatic heterocycles. The van der Waals surface area contributed by atoms with Crippen LogP contribution in [0, 0.1) is 35.0 Å². The van der Waals surface area contributed by atoms with Gasteiger partial charge < -0.3 is 4.74 Å². The summed E-state index contributed by atoms with van der Waals surface area (Å²) in [4.78, 5) is 10.8. The zero-order valence-electron chi connectivity index (χ0n) is 10.7. The summed E-state index contributed by atoms with van der Waals surface area (Å²) in [5, 5.41) is 18.8. The highest BCUT2D eigenvalue weighted by molar-refractivity contribution is 8.02. The van der Waals surface area contributed by atoms with E-state index < -0.39 is 16.1 Å². The van der Waals surface area contributed by atoms with E-state index in [1.807, 2.05) is 37.3 Å². The van der Waals surface area contributed by atoms with Gasteiger partial charge in [-0.25, -0.2) is 0 Å². The number of carbonyl (C=O) groups excluding carboxylic acids is 1. The lowest BCUT2D eigenvalue weighted by molar-refractivity contribution is -0.123. The predicted molar refractivity (Wildman–Crippen MR) is 74.7 cm³/mol. The van der Waals surface area contributed by atoms with Gasteiger partial charge in [0.2, 0.25) is 4.93 Å². The van der Waals surface area contributed by atoms with Crippen LogP contribution in [0.2, 0.25) is 0 Å². The molecule has 0 N–H and O–H groups in total. The molecule has 2 heterocycles. The predicted octanol–water partition coefficient (Wildman–Crippen LogP) is 2.45. The molecule has 0 bridgehead atoms. The number of nitriles is 2. The van der Waals surface area contributed by atoms with Crippen LogP contribution in [0.1, 0.15) is 11.1 Å². The molecular formula is C15H10N2O2S. The number of fused-ring (bicyclic) bond motifs is 1. The zero-order valence-corrected chi connectivity index (χ0v) is 11.5. The second kappa shape index (κ2) is 4.13. The number of nitrogens with zero attached hydrogens (tertiary/aromatic N) is 2. The number of benzene rings is 1.